The maximum absolute atomic E-state index is 12.0. The Morgan fingerprint density at radius 3 is 2.29 bits per heavy atom. The van der Waals surface area contributed by atoms with Crippen LogP contribution in [0.5, 0.6) is 0 Å². The fourth-order valence-corrected chi connectivity index (χ4v) is 2.30. The second kappa shape index (κ2) is 11.6. The minimum absolute atomic E-state index is 0.138. The van der Waals surface area contributed by atoms with Crippen molar-refractivity contribution in [3.05, 3.63) is 29.6 Å². The maximum atomic E-state index is 12.0. The van der Waals surface area contributed by atoms with E-state index < -0.39 is 11.9 Å². The first-order valence-electron chi connectivity index (χ1n) is 8.89. The van der Waals surface area contributed by atoms with Crippen LogP contribution in [0.1, 0.15) is 80.3 Å². The molecule has 24 heavy (non-hydrogen) atoms. The third kappa shape index (κ3) is 7.57. The van der Waals surface area contributed by atoms with Gasteiger partial charge in [-0.3, -0.25) is 0 Å². The average Bonchev–Trinajstić information content (AvgIpc) is 2.59. The highest BCUT2D eigenvalue weighted by atomic mass is 16.5. The average molecular weight is 335 g/mol. The molecule has 1 unspecified atom stereocenters. The molecule has 0 bridgehead atoms. The normalized spacial score (nSPS) is 11.8. The van der Waals surface area contributed by atoms with Gasteiger partial charge in [-0.15, -0.1) is 0 Å². The minimum atomic E-state index is -0.504. The van der Waals surface area contributed by atoms with Crippen molar-refractivity contribution < 1.29 is 19.1 Å². The van der Waals surface area contributed by atoms with E-state index in [0.717, 1.165) is 38.5 Å². The van der Waals surface area contributed by atoms with Crippen LogP contribution in [0.3, 0.4) is 0 Å². The van der Waals surface area contributed by atoms with Crippen LogP contribution in [0.15, 0.2) is 18.2 Å². The van der Waals surface area contributed by atoms with Gasteiger partial charge in [-0.1, -0.05) is 52.5 Å². The molecule has 0 aromatic carbocycles. The molecule has 5 nitrogen and oxygen atoms in total. The Labute approximate surface area is 144 Å². The van der Waals surface area contributed by atoms with Gasteiger partial charge in [0, 0.05) is 0 Å². The SMILES string of the molecule is CCCCCCOC(=O)c1cccc(C(=O)OCC(C)CCC)n1. The van der Waals surface area contributed by atoms with Gasteiger partial charge >= 0.3 is 11.9 Å². The molecule has 0 radical (unpaired) electrons. The second-order valence-electron chi connectivity index (χ2n) is 6.10. The van der Waals surface area contributed by atoms with Gasteiger partial charge < -0.3 is 9.47 Å². The van der Waals surface area contributed by atoms with Crippen LogP contribution in [0, 0.1) is 5.92 Å². The molecule has 1 aromatic rings. The molecular weight excluding hydrogens is 306 g/mol. The monoisotopic (exact) mass is 335 g/mol. The lowest BCUT2D eigenvalue weighted by Gasteiger charge is -2.10. The molecule has 0 aliphatic carbocycles. The summed E-state index contributed by atoms with van der Waals surface area (Å²) in [7, 11) is 0. The number of pyridine rings is 1. The van der Waals surface area contributed by atoms with Gasteiger partial charge in [-0.25, -0.2) is 14.6 Å². The molecule has 1 aromatic heterocycles. The van der Waals surface area contributed by atoms with E-state index in [4.69, 9.17) is 9.47 Å². The Morgan fingerprint density at radius 1 is 1.00 bits per heavy atom. The van der Waals surface area contributed by atoms with Gasteiger partial charge in [-0.05, 0) is 30.9 Å². The molecule has 0 spiro atoms. The summed E-state index contributed by atoms with van der Waals surface area (Å²) in [4.78, 5) is 28.1. The molecule has 5 heteroatoms. The van der Waals surface area contributed by atoms with E-state index >= 15 is 0 Å². The third-order valence-electron chi connectivity index (χ3n) is 3.68. The van der Waals surface area contributed by atoms with E-state index in [1.807, 2.05) is 6.92 Å². The Hall–Kier alpha value is -1.91. The maximum Gasteiger partial charge on any atom is 0.356 e. The van der Waals surface area contributed by atoms with E-state index in [0.29, 0.717) is 19.1 Å². The lowest BCUT2D eigenvalue weighted by Crippen LogP contribution is -2.15. The number of rotatable bonds is 11. The zero-order valence-corrected chi connectivity index (χ0v) is 15.0. The van der Waals surface area contributed by atoms with E-state index in [-0.39, 0.29) is 11.4 Å². The van der Waals surface area contributed by atoms with Gasteiger partial charge in [0.2, 0.25) is 0 Å². The zero-order chi connectivity index (χ0) is 17.8. The highest BCUT2D eigenvalue weighted by molar-refractivity contribution is 5.91. The van der Waals surface area contributed by atoms with E-state index in [1.54, 1.807) is 18.2 Å². The minimum Gasteiger partial charge on any atom is -0.461 e. The van der Waals surface area contributed by atoms with E-state index in [9.17, 15) is 9.59 Å². The predicted molar refractivity (Wildman–Crippen MR) is 93.0 cm³/mol. The zero-order valence-electron chi connectivity index (χ0n) is 15.0. The first-order valence-corrected chi connectivity index (χ1v) is 8.89. The van der Waals surface area contributed by atoms with Crippen LogP contribution in [-0.4, -0.2) is 30.1 Å². The topological polar surface area (TPSA) is 65.5 Å². The molecule has 0 aliphatic heterocycles. The largest absolute Gasteiger partial charge is 0.461 e. The van der Waals surface area contributed by atoms with Crippen molar-refractivity contribution in [1.29, 1.82) is 0 Å². The van der Waals surface area contributed by atoms with Crippen LogP contribution < -0.4 is 0 Å². The molecule has 1 rings (SSSR count). The summed E-state index contributed by atoms with van der Waals surface area (Å²) in [6.07, 6.45) is 6.21. The Kier molecular flexibility index (Phi) is 9.73. The molecule has 0 aliphatic rings. The van der Waals surface area contributed by atoms with Crippen LogP contribution in [-0.2, 0) is 9.47 Å². The van der Waals surface area contributed by atoms with Crippen molar-refractivity contribution in [2.75, 3.05) is 13.2 Å². The van der Waals surface area contributed by atoms with E-state index in [2.05, 4.69) is 18.8 Å². The third-order valence-corrected chi connectivity index (χ3v) is 3.68. The summed E-state index contributed by atoms with van der Waals surface area (Å²) in [6, 6.07) is 4.71. The number of ether oxygens (including phenoxy) is 2. The van der Waals surface area contributed by atoms with E-state index in [1.165, 1.54) is 0 Å². The summed E-state index contributed by atoms with van der Waals surface area (Å²) < 4.78 is 10.4. The number of carbonyl (C=O) groups is 2. The van der Waals surface area contributed by atoms with Crippen molar-refractivity contribution in [1.82, 2.24) is 4.98 Å². The van der Waals surface area contributed by atoms with Crippen molar-refractivity contribution in [2.24, 2.45) is 5.92 Å². The molecule has 0 amide bonds. The predicted octanol–water partition coefficient (Wildman–Crippen LogP) is 4.41. The first kappa shape index (κ1) is 20.1. The molecule has 0 saturated carbocycles. The number of hydrogen-bond acceptors (Lipinski definition) is 5. The second-order valence-corrected chi connectivity index (χ2v) is 6.10. The number of esters is 2. The van der Waals surface area contributed by atoms with Crippen LogP contribution in [0.25, 0.3) is 0 Å². The smallest absolute Gasteiger partial charge is 0.356 e. The van der Waals surface area contributed by atoms with Gasteiger partial charge in [0.05, 0.1) is 13.2 Å². The molecular formula is C19H29NO4. The van der Waals surface area contributed by atoms with Gasteiger partial charge in [0.1, 0.15) is 11.4 Å². The Morgan fingerprint density at radius 2 is 1.67 bits per heavy atom. The van der Waals surface area contributed by atoms with Crippen molar-refractivity contribution in [2.45, 2.75) is 59.3 Å². The number of carbonyl (C=O) groups excluding carboxylic acids is 2. The molecule has 1 atom stereocenters. The van der Waals surface area contributed by atoms with Crippen molar-refractivity contribution in [3.8, 4) is 0 Å². The van der Waals surface area contributed by atoms with Crippen LogP contribution >= 0.6 is 0 Å². The highest BCUT2D eigenvalue weighted by Crippen LogP contribution is 2.09. The van der Waals surface area contributed by atoms with Gasteiger partial charge in [-0.2, -0.15) is 0 Å². The van der Waals surface area contributed by atoms with Gasteiger partial charge in [0.25, 0.3) is 0 Å². The highest BCUT2D eigenvalue weighted by Gasteiger charge is 2.15. The Balaban J connectivity index is 2.49. The number of unbranched alkanes of at least 4 members (excludes halogenated alkanes) is 3. The fraction of sp³-hybridized carbons (Fsp3) is 0.632. The number of aromatic nitrogens is 1. The van der Waals surface area contributed by atoms with Crippen molar-refractivity contribution >= 4 is 11.9 Å². The number of nitrogens with zero attached hydrogens (tertiary/aromatic N) is 1. The fourth-order valence-electron chi connectivity index (χ4n) is 2.30. The molecule has 0 saturated heterocycles. The summed E-state index contributed by atoms with van der Waals surface area (Å²) in [6.45, 7) is 7.00. The summed E-state index contributed by atoms with van der Waals surface area (Å²) in [5.41, 5.74) is 0.278. The Bertz CT molecular complexity index is 516. The summed E-state index contributed by atoms with van der Waals surface area (Å²) >= 11 is 0. The molecule has 134 valence electrons. The van der Waals surface area contributed by atoms with Crippen LogP contribution in [0.4, 0.5) is 0 Å². The first-order chi connectivity index (χ1) is 11.6. The number of hydrogen-bond donors (Lipinski definition) is 0. The lowest BCUT2D eigenvalue weighted by molar-refractivity contribution is 0.0435. The van der Waals surface area contributed by atoms with Crippen LogP contribution in [0.2, 0.25) is 0 Å². The molecule has 1 heterocycles. The standard InChI is InChI=1S/C19H29NO4/c1-4-6-7-8-13-23-18(21)16-11-9-12-17(20-16)19(22)24-14-15(3)10-5-2/h9,11-12,15H,4-8,10,13-14H2,1-3H3. The quantitative estimate of drug-likeness (QED) is 0.442. The van der Waals surface area contributed by atoms with Crippen molar-refractivity contribution in [3.63, 3.8) is 0 Å². The molecule has 0 fully saturated rings. The van der Waals surface area contributed by atoms with Gasteiger partial charge in [0.15, 0.2) is 0 Å². The summed E-state index contributed by atoms with van der Waals surface area (Å²) in [5.74, 6) is -0.689. The summed E-state index contributed by atoms with van der Waals surface area (Å²) in [5, 5.41) is 0. The molecule has 0 N–H and O–H groups in total. The lowest BCUT2D eigenvalue weighted by atomic mass is 10.1.